The van der Waals surface area contributed by atoms with Gasteiger partial charge in [-0.25, -0.2) is 0 Å². The number of amides is 1. The van der Waals surface area contributed by atoms with Gasteiger partial charge in [0.15, 0.2) is 5.78 Å². The van der Waals surface area contributed by atoms with Crippen LogP contribution in [0.2, 0.25) is 0 Å². The molecule has 1 aliphatic heterocycles. The highest BCUT2D eigenvalue weighted by Crippen LogP contribution is 2.24. The number of carbonyl (C=O) groups excluding carboxylic acids is 2. The lowest BCUT2D eigenvalue weighted by molar-refractivity contribution is -0.120. The molecule has 0 spiro atoms. The third-order valence-corrected chi connectivity index (χ3v) is 5.69. The van der Waals surface area contributed by atoms with Gasteiger partial charge in [0, 0.05) is 43.1 Å². The molecule has 1 saturated heterocycles. The fourth-order valence-corrected chi connectivity index (χ4v) is 3.66. The van der Waals surface area contributed by atoms with Gasteiger partial charge in [0.05, 0.1) is 6.04 Å². The average Bonchev–Trinajstić information content (AvgIpc) is 2.70. The molecular formula is C23H29N3O2. The fraction of sp³-hybridized carbons (Fsp3) is 0.391. The number of ketones is 1. The molecule has 1 N–H and O–H groups in total. The lowest BCUT2D eigenvalue weighted by Crippen LogP contribution is -2.53. The predicted molar refractivity (Wildman–Crippen MR) is 114 cm³/mol. The number of Topliss-reactive ketones (excluding diaryl/α,β-unsaturated/α-hetero) is 1. The summed E-state index contributed by atoms with van der Waals surface area (Å²) in [5.74, 6) is -0.0485. The second-order valence-electron chi connectivity index (χ2n) is 7.54. The second-order valence-corrected chi connectivity index (χ2v) is 7.54. The van der Waals surface area contributed by atoms with Crippen molar-refractivity contribution in [2.24, 2.45) is 0 Å². The first kappa shape index (κ1) is 20.1. The van der Waals surface area contributed by atoms with Crippen LogP contribution in [0.1, 0.15) is 35.3 Å². The van der Waals surface area contributed by atoms with Crippen LogP contribution >= 0.6 is 0 Å². The van der Waals surface area contributed by atoms with Crippen molar-refractivity contribution in [2.45, 2.75) is 33.7 Å². The maximum Gasteiger partial charge on any atom is 0.241 e. The Bertz CT molecular complexity index is 870. The zero-order valence-corrected chi connectivity index (χ0v) is 17.2. The van der Waals surface area contributed by atoms with E-state index in [2.05, 4.69) is 47.2 Å². The van der Waals surface area contributed by atoms with Gasteiger partial charge in [-0.1, -0.05) is 24.3 Å². The Morgan fingerprint density at radius 1 is 1.00 bits per heavy atom. The van der Waals surface area contributed by atoms with E-state index in [4.69, 9.17) is 0 Å². The summed E-state index contributed by atoms with van der Waals surface area (Å²) in [5, 5.41) is 2.95. The van der Waals surface area contributed by atoms with Crippen LogP contribution in [-0.4, -0.2) is 48.8 Å². The SMILES string of the molecule is CC(=O)c1cccc(NC(=O)[C@H](C)N2CCN(c3cccc(C)c3C)CC2)c1. The van der Waals surface area contributed by atoms with Gasteiger partial charge in [0.25, 0.3) is 0 Å². The van der Waals surface area contributed by atoms with Crippen molar-refractivity contribution in [3.8, 4) is 0 Å². The number of piperazine rings is 1. The quantitative estimate of drug-likeness (QED) is 0.806. The molecule has 3 rings (SSSR count). The molecule has 0 aliphatic carbocycles. The Kier molecular flexibility index (Phi) is 6.15. The molecule has 2 aromatic carbocycles. The standard InChI is InChI=1S/C23H29N3O2/c1-16-7-5-10-22(17(16)2)26-13-11-25(12-14-26)18(3)23(28)24-21-9-6-8-20(15-21)19(4)27/h5-10,15,18H,11-14H2,1-4H3,(H,24,28)/t18-/m0/s1. The molecule has 1 amide bonds. The Morgan fingerprint density at radius 3 is 2.36 bits per heavy atom. The topological polar surface area (TPSA) is 52.7 Å². The van der Waals surface area contributed by atoms with Crippen LogP contribution in [0, 0.1) is 13.8 Å². The molecule has 5 heteroatoms. The third kappa shape index (κ3) is 4.42. The Labute approximate surface area is 167 Å². The van der Waals surface area contributed by atoms with Gasteiger partial charge in [-0.3, -0.25) is 14.5 Å². The summed E-state index contributed by atoms with van der Waals surface area (Å²) < 4.78 is 0. The van der Waals surface area contributed by atoms with E-state index >= 15 is 0 Å². The number of benzene rings is 2. The largest absolute Gasteiger partial charge is 0.369 e. The number of aryl methyl sites for hydroxylation is 1. The zero-order chi connectivity index (χ0) is 20.3. The van der Waals surface area contributed by atoms with Crippen molar-refractivity contribution in [3.05, 3.63) is 59.2 Å². The number of anilines is 2. The van der Waals surface area contributed by atoms with E-state index in [9.17, 15) is 9.59 Å². The Hall–Kier alpha value is -2.66. The summed E-state index contributed by atoms with van der Waals surface area (Å²) in [5.41, 5.74) is 5.19. The van der Waals surface area contributed by atoms with Crippen LogP contribution in [0.15, 0.2) is 42.5 Å². The minimum atomic E-state index is -0.221. The maximum atomic E-state index is 12.7. The summed E-state index contributed by atoms with van der Waals surface area (Å²) in [4.78, 5) is 28.8. The molecule has 1 aliphatic rings. The third-order valence-electron chi connectivity index (χ3n) is 5.69. The van der Waals surface area contributed by atoms with E-state index in [-0.39, 0.29) is 17.7 Å². The van der Waals surface area contributed by atoms with Crippen LogP contribution in [0.4, 0.5) is 11.4 Å². The molecule has 1 fully saturated rings. The molecule has 0 aromatic heterocycles. The molecule has 1 atom stereocenters. The summed E-state index contributed by atoms with van der Waals surface area (Å²) >= 11 is 0. The van der Waals surface area contributed by atoms with Gasteiger partial charge in [0.2, 0.25) is 5.91 Å². The number of hydrogen-bond acceptors (Lipinski definition) is 4. The number of hydrogen-bond donors (Lipinski definition) is 1. The van der Waals surface area contributed by atoms with Crippen molar-refractivity contribution < 1.29 is 9.59 Å². The van der Waals surface area contributed by atoms with Gasteiger partial charge in [-0.05, 0) is 57.0 Å². The van der Waals surface area contributed by atoms with E-state index in [0.717, 1.165) is 26.2 Å². The molecule has 0 unspecified atom stereocenters. The number of nitrogens with one attached hydrogen (secondary N) is 1. The van der Waals surface area contributed by atoms with Gasteiger partial charge in [0.1, 0.15) is 0 Å². The number of carbonyl (C=O) groups is 2. The predicted octanol–water partition coefficient (Wildman–Crippen LogP) is 3.66. The Balaban J connectivity index is 1.59. The van der Waals surface area contributed by atoms with Gasteiger partial charge < -0.3 is 10.2 Å². The highest BCUT2D eigenvalue weighted by atomic mass is 16.2. The van der Waals surface area contributed by atoms with Crippen LogP contribution in [0.5, 0.6) is 0 Å². The molecular weight excluding hydrogens is 350 g/mol. The first-order valence-corrected chi connectivity index (χ1v) is 9.84. The highest BCUT2D eigenvalue weighted by Gasteiger charge is 2.26. The van der Waals surface area contributed by atoms with Crippen molar-refractivity contribution in [1.29, 1.82) is 0 Å². The summed E-state index contributed by atoms with van der Waals surface area (Å²) in [6.07, 6.45) is 0. The fourth-order valence-electron chi connectivity index (χ4n) is 3.66. The number of nitrogens with zero attached hydrogens (tertiary/aromatic N) is 2. The van der Waals surface area contributed by atoms with E-state index < -0.39 is 0 Å². The maximum absolute atomic E-state index is 12.7. The molecule has 0 radical (unpaired) electrons. The van der Waals surface area contributed by atoms with E-state index in [1.54, 1.807) is 18.2 Å². The van der Waals surface area contributed by atoms with Crippen molar-refractivity contribution in [2.75, 3.05) is 36.4 Å². The summed E-state index contributed by atoms with van der Waals surface area (Å²) in [6, 6.07) is 13.3. The van der Waals surface area contributed by atoms with Crippen LogP contribution in [-0.2, 0) is 4.79 Å². The first-order valence-electron chi connectivity index (χ1n) is 9.84. The minimum Gasteiger partial charge on any atom is -0.369 e. The van der Waals surface area contributed by atoms with E-state index in [1.165, 1.54) is 23.7 Å². The lowest BCUT2D eigenvalue weighted by Gasteiger charge is -2.39. The monoisotopic (exact) mass is 379 g/mol. The zero-order valence-electron chi connectivity index (χ0n) is 17.2. The molecule has 148 valence electrons. The Morgan fingerprint density at radius 2 is 1.68 bits per heavy atom. The van der Waals surface area contributed by atoms with Crippen molar-refractivity contribution >= 4 is 23.1 Å². The van der Waals surface area contributed by atoms with Crippen LogP contribution in [0.25, 0.3) is 0 Å². The van der Waals surface area contributed by atoms with E-state index in [0.29, 0.717) is 11.3 Å². The molecule has 0 saturated carbocycles. The lowest BCUT2D eigenvalue weighted by atomic mass is 10.1. The normalized spacial score (nSPS) is 15.9. The number of rotatable bonds is 5. The summed E-state index contributed by atoms with van der Waals surface area (Å²) in [6.45, 7) is 11.3. The second kappa shape index (κ2) is 8.57. The smallest absolute Gasteiger partial charge is 0.241 e. The van der Waals surface area contributed by atoms with Gasteiger partial charge in [-0.2, -0.15) is 0 Å². The average molecular weight is 380 g/mol. The molecule has 1 heterocycles. The molecule has 5 nitrogen and oxygen atoms in total. The minimum absolute atomic E-state index is 0.00767. The van der Waals surface area contributed by atoms with Gasteiger partial charge in [-0.15, -0.1) is 0 Å². The van der Waals surface area contributed by atoms with Crippen molar-refractivity contribution in [3.63, 3.8) is 0 Å². The van der Waals surface area contributed by atoms with Crippen LogP contribution in [0.3, 0.4) is 0 Å². The van der Waals surface area contributed by atoms with Gasteiger partial charge >= 0.3 is 0 Å². The molecule has 28 heavy (non-hydrogen) atoms. The van der Waals surface area contributed by atoms with Crippen LogP contribution < -0.4 is 10.2 Å². The molecule has 2 aromatic rings. The van der Waals surface area contributed by atoms with Crippen molar-refractivity contribution in [1.82, 2.24) is 4.90 Å². The summed E-state index contributed by atoms with van der Waals surface area (Å²) in [7, 11) is 0. The molecule has 0 bridgehead atoms. The van der Waals surface area contributed by atoms with E-state index in [1.807, 2.05) is 13.0 Å². The highest BCUT2D eigenvalue weighted by molar-refractivity contribution is 5.98. The first-order chi connectivity index (χ1) is 13.4.